The predicted molar refractivity (Wildman–Crippen MR) is 75.4 cm³/mol. The molecule has 1 aromatic rings. The van der Waals surface area contributed by atoms with E-state index in [1.807, 2.05) is 19.1 Å². The van der Waals surface area contributed by atoms with Crippen molar-refractivity contribution in [3.63, 3.8) is 0 Å². The molecular weight excluding hydrogens is 208 g/mol. The first kappa shape index (κ1) is 13.8. The highest BCUT2D eigenvalue weighted by Gasteiger charge is 2.18. The minimum absolute atomic E-state index is 0.0826. The second kappa shape index (κ2) is 5.90. The summed E-state index contributed by atoms with van der Waals surface area (Å²) in [4.78, 5) is 0. The Morgan fingerprint density at radius 3 is 2.29 bits per heavy atom. The van der Waals surface area contributed by atoms with E-state index < -0.39 is 0 Å². The molecule has 0 aliphatic carbocycles. The van der Waals surface area contributed by atoms with Gasteiger partial charge in [0, 0.05) is 0 Å². The summed E-state index contributed by atoms with van der Waals surface area (Å²) in [5.41, 5.74) is 2.17. The third-order valence-electron chi connectivity index (χ3n) is 2.87. The molecule has 0 unspecified atom stereocenters. The quantitative estimate of drug-likeness (QED) is 0.665. The summed E-state index contributed by atoms with van der Waals surface area (Å²) in [6, 6.07) is 8.18. The summed E-state index contributed by atoms with van der Waals surface area (Å²) in [5, 5.41) is 0. The fourth-order valence-corrected chi connectivity index (χ4v) is 1.78. The standard InChI is InChI=1S/C16H24O/c1-6-7-12-16(4,5)17-15-10-8-14(9-11-15)13(2)3/h8-11H,2,6-7,12H2,1,3-5H3. The van der Waals surface area contributed by atoms with Gasteiger partial charge in [0.05, 0.1) is 0 Å². The molecule has 1 rings (SSSR count). The van der Waals surface area contributed by atoms with E-state index in [4.69, 9.17) is 4.74 Å². The monoisotopic (exact) mass is 232 g/mol. The summed E-state index contributed by atoms with van der Waals surface area (Å²) in [5.74, 6) is 0.941. The van der Waals surface area contributed by atoms with Gasteiger partial charge >= 0.3 is 0 Å². The van der Waals surface area contributed by atoms with Crippen molar-refractivity contribution in [1.82, 2.24) is 0 Å². The molecule has 0 bridgehead atoms. The fourth-order valence-electron chi connectivity index (χ4n) is 1.78. The van der Waals surface area contributed by atoms with Crippen LogP contribution >= 0.6 is 0 Å². The van der Waals surface area contributed by atoms with E-state index in [-0.39, 0.29) is 5.60 Å². The Hall–Kier alpha value is -1.24. The zero-order chi connectivity index (χ0) is 12.9. The molecule has 0 saturated carbocycles. The number of hydrogen-bond donors (Lipinski definition) is 0. The largest absolute Gasteiger partial charge is 0.488 e. The van der Waals surface area contributed by atoms with Crippen molar-refractivity contribution in [1.29, 1.82) is 0 Å². The Morgan fingerprint density at radius 2 is 1.82 bits per heavy atom. The van der Waals surface area contributed by atoms with Gasteiger partial charge in [0.15, 0.2) is 0 Å². The van der Waals surface area contributed by atoms with Crippen LogP contribution in [0.1, 0.15) is 52.5 Å². The molecule has 0 N–H and O–H groups in total. The zero-order valence-corrected chi connectivity index (χ0v) is 11.5. The van der Waals surface area contributed by atoms with Crippen LogP contribution < -0.4 is 4.74 Å². The van der Waals surface area contributed by atoms with Crippen molar-refractivity contribution >= 4 is 5.57 Å². The third-order valence-corrected chi connectivity index (χ3v) is 2.87. The third kappa shape index (κ3) is 4.64. The minimum atomic E-state index is -0.0826. The van der Waals surface area contributed by atoms with Crippen molar-refractivity contribution in [2.75, 3.05) is 0 Å². The SMILES string of the molecule is C=C(C)c1ccc(OC(C)(C)CCCC)cc1. The van der Waals surface area contributed by atoms with Crippen LogP contribution in [0.3, 0.4) is 0 Å². The molecule has 94 valence electrons. The Balaban J connectivity index is 2.65. The molecule has 0 saturated heterocycles. The fraction of sp³-hybridized carbons (Fsp3) is 0.500. The van der Waals surface area contributed by atoms with Gasteiger partial charge in [-0.1, -0.05) is 37.6 Å². The first-order valence-corrected chi connectivity index (χ1v) is 6.39. The van der Waals surface area contributed by atoms with Crippen LogP contribution in [-0.2, 0) is 0 Å². The topological polar surface area (TPSA) is 9.23 Å². The lowest BCUT2D eigenvalue weighted by atomic mass is 10.0. The van der Waals surface area contributed by atoms with Crippen LogP contribution in [0.15, 0.2) is 30.8 Å². The van der Waals surface area contributed by atoms with Crippen molar-refractivity contribution in [3.05, 3.63) is 36.4 Å². The molecule has 0 atom stereocenters. The van der Waals surface area contributed by atoms with Gasteiger partial charge < -0.3 is 4.74 Å². The van der Waals surface area contributed by atoms with E-state index in [0.717, 1.165) is 17.7 Å². The van der Waals surface area contributed by atoms with Gasteiger partial charge in [-0.05, 0) is 51.3 Å². The minimum Gasteiger partial charge on any atom is -0.488 e. The summed E-state index contributed by atoms with van der Waals surface area (Å²) < 4.78 is 6.01. The van der Waals surface area contributed by atoms with E-state index >= 15 is 0 Å². The second-order valence-corrected chi connectivity index (χ2v) is 5.27. The van der Waals surface area contributed by atoms with Crippen molar-refractivity contribution in [2.24, 2.45) is 0 Å². The summed E-state index contributed by atoms with van der Waals surface area (Å²) >= 11 is 0. The Morgan fingerprint density at radius 1 is 1.24 bits per heavy atom. The maximum Gasteiger partial charge on any atom is 0.120 e. The van der Waals surface area contributed by atoms with Crippen LogP contribution in [0.25, 0.3) is 5.57 Å². The van der Waals surface area contributed by atoms with Gasteiger partial charge in [-0.15, -0.1) is 0 Å². The van der Waals surface area contributed by atoms with Crippen LogP contribution in [0.2, 0.25) is 0 Å². The van der Waals surface area contributed by atoms with Gasteiger partial charge in [-0.25, -0.2) is 0 Å². The van der Waals surface area contributed by atoms with Gasteiger partial charge in [-0.3, -0.25) is 0 Å². The number of allylic oxidation sites excluding steroid dienone is 1. The first-order chi connectivity index (χ1) is 7.94. The molecule has 0 aliphatic heterocycles. The molecule has 1 nitrogen and oxygen atoms in total. The highest BCUT2D eigenvalue weighted by Crippen LogP contribution is 2.24. The van der Waals surface area contributed by atoms with E-state index in [1.165, 1.54) is 18.4 Å². The van der Waals surface area contributed by atoms with Crippen molar-refractivity contribution < 1.29 is 4.74 Å². The zero-order valence-electron chi connectivity index (χ0n) is 11.5. The molecule has 1 aromatic carbocycles. The molecule has 0 amide bonds. The number of ether oxygens (including phenoxy) is 1. The van der Waals surface area contributed by atoms with E-state index in [1.54, 1.807) is 0 Å². The summed E-state index contributed by atoms with van der Waals surface area (Å²) in [6.07, 6.45) is 3.50. The van der Waals surface area contributed by atoms with Gasteiger partial charge in [0.1, 0.15) is 11.4 Å². The predicted octanol–water partition coefficient (Wildman–Crippen LogP) is 5.07. The second-order valence-electron chi connectivity index (χ2n) is 5.27. The smallest absolute Gasteiger partial charge is 0.120 e. The van der Waals surface area contributed by atoms with Crippen LogP contribution in [-0.4, -0.2) is 5.60 Å². The van der Waals surface area contributed by atoms with Crippen molar-refractivity contribution in [3.8, 4) is 5.75 Å². The van der Waals surface area contributed by atoms with Gasteiger partial charge in [0.25, 0.3) is 0 Å². The summed E-state index contributed by atoms with van der Waals surface area (Å²) in [7, 11) is 0. The number of benzene rings is 1. The number of unbranched alkanes of at least 4 members (excludes halogenated alkanes) is 1. The highest BCUT2D eigenvalue weighted by atomic mass is 16.5. The van der Waals surface area contributed by atoms with Crippen LogP contribution in [0.5, 0.6) is 5.75 Å². The molecule has 0 aliphatic rings. The van der Waals surface area contributed by atoms with E-state index in [0.29, 0.717) is 0 Å². The van der Waals surface area contributed by atoms with Crippen LogP contribution in [0.4, 0.5) is 0 Å². The van der Waals surface area contributed by atoms with Crippen LogP contribution in [0, 0.1) is 0 Å². The Labute approximate surface area is 106 Å². The molecular formula is C16H24O. The Bertz CT molecular complexity index is 360. The molecule has 0 radical (unpaired) electrons. The lowest BCUT2D eigenvalue weighted by Crippen LogP contribution is -2.27. The normalized spacial score (nSPS) is 11.3. The Kier molecular flexibility index (Phi) is 4.80. The van der Waals surface area contributed by atoms with Crippen molar-refractivity contribution in [2.45, 2.75) is 52.6 Å². The molecule has 0 heterocycles. The average molecular weight is 232 g/mol. The number of rotatable bonds is 6. The van der Waals surface area contributed by atoms with Gasteiger partial charge in [0.2, 0.25) is 0 Å². The van der Waals surface area contributed by atoms with Gasteiger partial charge in [-0.2, -0.15) is 0 Å². The first-order valence-electron chi connectivity index (χ1n) is 6.39. The number of hydrogen-bond acceptors (Lipinski definition) is 1. The van der Waals surface area contributed by atoms with E-state index in [9.17, 15) is 0 Å². The average Bonchev–Trinajstić information content (AvgIpc) is 2.26. The molecule has 0 aromatic heterocycles. The van der Waals surface area contributed by atoms with E-state index in [2.05, 4.69) is 39.5 Å². The maximum atomic E-state index is 6.01. The lowest BCUT2D eigenvalue weighted by Gasteiger charge is -2.26. The lowest BCUT2D eigenvalue weighted by molar-refractivity contribution is 0.0967. The maximum absolute atomic E-state index is 6.01. The molecule has 1 heteroatoms. The molecule has 0 spiro atoms. The summed E-state index contributed by atoms with van der Waals surface area (Å²) in [6.45, 7) is 12.4. The highest BCUT2D eigenvalue weighted by molar-refractivity contribution is 5.61. The molecule has 17 heavy (non-hydrogen) atoms. The molecule has 0 fully saturated rings.